The van der Waals surface area contributed by atoms with Crippen molar-refractivity contribution in [1.29, 1.82) is 0 Å². The molecule has 0 fully saturated rings. The van der Waals surface area contributed by atoms with Crippen LogP contribution in [0.25, 0.3) is 10.9 Å². The van der Waals surface area contributed by atoms with Crippen LogP contribution in [-0.2, 0) is 6.42 Å². The summed E-state index contributed by atoms with van der Waals surface area (Å²) < 4.78 is 0. The van der Waals surface area contributed by atoms with E-state index in [0.29, 0.717) is 0 Å². The summed E-state index contributed by atoms with van der Waals surface area (Å²) in [5, 5.41) is 1.38. The van der Waals surface area contributed by atoms with Crippen LogP contribution in [0.4, 0.5) is 0 Å². The topological polar surface area (TPSA) is 41.8 Å². The van der Waals surface area contributed by atoms with Crippen LogP contribution < -0.4 is 5.73 Å². The SMILES string of the molecule is Cc1ccc(C)c2c3c([nH]c12)CCCCC3N. The van der Waals surface area contributed by atoms with Crippen LogP contribution in [0.3, 0.4) is 0 Å². The van der Waals surface area contributed by atoms with Crippen molar-refractivity contribution in [1.82, 2.24) is 4.98 Å². The Labute approximate surface area is 102 Å². The first-order chi connectivity index (χ1) is 8.18. The first-order valence-electron chi connectivity index (χ1n) is 6.54. The average Bonchev–Trinajstić information content (AvgIpc) is 2.61. The summed E-state index contributed by atoms with van der Waals surface area (Å²) in [6, 6.07) is 4.62. The van der Waals surface area contributed by atoms with Gasteiger partial charge in [0, 0.05) is 22.6 Å². The lowest BCUT2D eigenvalue weighted by molar-refractivity contribution is 0.617. The molecule has 1 aliphatic rings. The molecule has 0 bridgehead atoms. The smallest absolute Gasteiger partial charge is 0.0491 e. The van der Waals surface area contributed by atoms with E-state index in [0.717, 1.165) is 12.8 Å². The number of benzene rings is 1. The van der Waals surface area contributed by atoms with E-state index in [2.05, 4.69) is 31.0 Å². The Bertz CT molecular complexity index is 566. The molecule has 3 N–H and O–H groups in total. The van der Waals surface area contributed by atoms with E-state index in [1.165, 1.54) is 46.1 Å². The van der Waals surface area contributed by atoms with Crippen LogP contribution in [0.1, 0.15) is 47.7 Å². The minimum absolute atomic E-state index is 0.210. The van der Waals surface area contributed by atoms with Gasteiger partial charge in [0.2, 0.25) is 0 Å². The number of H-pyrrole nitrogens is 1. The number of nitrogens with two attached hydrogens (primary N) is 1. The number of hydrogen-bond acceptors (Lipinski definition) is 1. The van der Waals surface area contributed by atoms with Crippen LogP contribution in [0.15, 0.2) is 12.1 Å². The zero-order chi connectivity index (χ0) is 12.0. The second-order valence-electron chi connectivity index (χ2n) is 5.32. The van der Waals surface area contributed by atoms with Crippen molar-refractivity contribution < 1.29 is 0 Å². The van der Waals surface area contributed by atoms with E-state index >= 15 is 0 Å². The van der Waals surface area contributed by atoms with Gasteiger partial charge in [-0.1, -0.05) is 18.6 Å². The number of aromatic amines is 1. The van der Waals surface area contributed by atoms with Crippen molar-refractivity contribution in [3.8, 4) is 0 Å². The molecule has 1 aromatic heterocycles. The Kier molecular flexibility index (Phi) is 2.48. The molecule has 1 aromatic carbocycles. The fourth-order valence-electron chi connectivity index (χ4n) is 3.11. The molecule has 2 heteroatoms. The maximum Gasteiger partial charge on any atom is 0.0491 e. The molecule has 0 radical (unpaired) electrons. The van der Waals surface area contributed by atoms with Crippen LogP contribution >= 0.6 is 0 Å². The molecule has 0 saturated heterocycles. The molecule has 1 aliphatic carbocycles. The molecule has 1 heterocycles. The number of hydrogen-bond donors (Lipinski definition) is 2. The summed E-state index contributed by atoms with van der Waals surface area (Å²) >= 11 is 0. The van der Waals surface area contributed by atoms with Gasteiger partial charge in [-0.25, -0.2) is 0 Å². The van der Waals surface area contributed by atoms with E-state index < -0.39 is 0 Å². The average molecular weight is 228 g/mol. The molecular weight excluding hydrogens is 208 g/mol. The Morgan fingerprint density at radius 1 is 1.18 bits per heavy atom. The van der Waals surface area contributed by atoms with E-state index in [4.69, 9.17) is 5.73 Å². The molecule has 1 atom stereocenters. The van der Waals surface area contributed by atoms with E-state index in [1.807, 2.05) is 0 Å². The van der Waals surface area contributed by atoms with Gasteiger partial charge in [0.25, 0.3) is 0 Å². The summed E-state index contributed by atoms with van der Waals surface area (Å²) in [7, 11) is 0. The summed E-state index contributed by atoms with van der Waals surface area (Å²) in [6.07, 6.45) is 4.77. The predicted octanol–water partition coefficient (Wildman–Crippen LogP) is 3.51. The third-order valence-corrected chi connectivity index (χ3v) is 4.06. The summed E-state index contributed by atoms with van der Waals surface area (Å²) in [5.41, 5.74) is 13.1. The maximum absolute atomic E-state index is 6.36. The Morgan fingerprint density at radius 3 is 2.76 bits per heavy atom. The van der Waals surface area contributed by atoms with Gasteiger partial charge in [-0.2, -0.15) is 0 Å². The van der Waals surface area contributed by atoms with Gasteiger partial charge < -0.3 is 10.7 Å². The summed E-state index contributed by atoms with van der Waals surface area (Å²) in [4.78, 5) is 3.62. The van der Waals surface area contributed by atoms with Gasteiger partial charge in [0.05, 0.1) is 0 Å². The summed E-state index contributed by atoms with van der Waals surface area (Å²) in [6.45, 7) is 4.36. The number of aromatic nitrogens is 1. The molecule has 17 heavy (non-hydrogen) atoms. The van der Waals surface area contributed by atoms with Crippen LogP contribution in [-0.4, -0.2) is 4.98 Å². The van der Waals surface area contributed by atoms with Gasteiger partial charge in [-0.15, -0.1) is 0 Å². The number of nitrogens with one attached hydrogen (secondary N) is 1. The van der Waals surface area contributed by atoms with Crippen molar-refractivity contribution in [3.63, 3.8) is 0 Å². The third kappa shape index (κ3) is 1.59. The second kappa shape index (κ2) is 3.88. The van der Waals surface area contributed by atoms with Crippen LogP contribution in [0.2, 0.25) is 0 Å². The zero-order valence-corrected chi connectivity index (χ0v) is 10.6. The standard InChI is InChI=1S/C15H20N2/c1-9-7-8-10(2)15-13(9)14-11(16)5-3-4-6-12(14)17-15/h7-8,11,17H,3-6,16H2,1-2H3. The van der Waals surface area contributed by atoms with Crippen molar-refractivity contribution in [2.75, 3.05) is 0 Å². The lowest BCUT2D eigenvalue weighted by Crippen LogP contribution is -2.09. The Balaban J connectivity index is 2.36. The lowest BCUT2D eigenvalue weighted by atomic mass is 9.97. The van der Waals surface area contributed by atoms with E-state index in [9.17, 15) is 0 Å². The first-order valence-corrected chi connectivity index (χ1v) is 6.54. The van der Waals surface area contributed by atoms with Crippen molar-refractivity contribution in [2.45, 2.75) is 45.6 Å². The van der Waals surface area contributed by atoms with Crippen molar-refractivity contribution >= 4 is 10.9 Å². The Morgan fingerprint density at radius 2 is 1.94 bits per heavy atom. The minimum Gasteiger partial charge on any atom is -0.358 e. The molecule has 0 aliphatic heterocycles. The minimum atomic E-state index is 0.210. The molecule has 2 aromatic rings. The molecule has 2 nitrogen and oxygen atoms in total. The van der Waals surface area contributed by atoms with Crippen molar-refractivity contribution in [2.24, 2.45) is 5.73 Å². The second-order valence-corrected chi connectivity index (χ2v) is 5.32. The Hall–Kier alpha value is -1.28. The lowest BCUT2D eigenvalue weighted by Gasteiger charge is -2.11. The largest absolute Gasteiger partial charge is 0.358 e. The highest BCUT2D eigenvalue weighted by Gasteiger charge is 2.21. The monoisotopic (exact) mass is 228 g/mol. The number of aryl methyl sites for hydroxylation is 3. The van der Waals surface area contributed by atoms with Gasteiger partial charge in [-0.05, 0) is 49.8 Å². The zero-order valence-electron chi connectivity index (χ0n) is 10.6. The number of fused-ring (bicyclic) bond motifs is 3. The highest BCUT2D eigenvalue weighted by Crippen LogP contribution is 2.36. The molecular formula is C15H20N2. The molecule has 90 valence electrons. The normalized spacial score (nSPS) is 20.3. The number of rotatable bonds is 0. The quantitative estimate of drug-likeness (QED) is 0.666. The molecule has 0 spiro atoms. The highest BCUT2D eigenvalue weighted by atomic mass is 14.8. The van der Waals surface area contributed by atoms with Crippen molar-refractivity contribution in [3.05, 3.63) is 34.5 Å². The highest BCUT2D eigenvalue weighted by molar-refractivity contribution is 5.90. The molecule has 0 amide bonds. The molecule has 0 saturated carbocycles. The van der Waals surface area contributed by atoms with Gasteiger partial charge in [0.1, 0.15) is 0 Å². The van der Waals surface area contributed by atoms with Gasteiger partial charge in [-0.3, -0.25) is 0 Å². The predicted molar refractivity (Wildman–Crippen MR) is 72.3 cm³/mol. The van der Waals surface area contributed by atoms with E-state index in [1.54, 1.807) is 0 Å². The van der Waals surface area contributed by atoms with Crippen LogP contribution in [0.5, 0.6) is 0 Å². The van der Waals surface area contributed by atoms with E-state index in [-0.39, 0.29) is 6.04 Å². The van der Waals surface area contributed by atoms with Gasteiger partial charge >= 0.3 is 0 Å². The van der Waals surface area contributed by atoms with Crippen LogP contribution in [0, 0.1) is 13.8 Å². The first kappa shape index (κ1) is 10.8. The summed E-state index contributed by atoms with van der Waals surface area (Å²) in [5.74, 6) is 0. The molecule has 3 rings (SSSR count). The fraction of sp³-hybridized carbons (Fsp3) is 0.467. The maximum atomic E-state index is 6.36. The van der Waals surface area contributed by atoms with Gasteiger partial charge in [0.15, 0.2) is 0 Å². The third-order valence-electron chi connectivity index (χ3n) is 4.06. The fourth-order valence-corrected chi connectivity index (χ4v) is 3.11. The molecule has 1 unspecified atom stereocenters.